The Kier molecular flexibility index (Phi) is 5.56. The van der Waals surface area contributed by atoms with E-state index < -0.39 is 21.2 Å². The molecular formula is C21H16ClNO4S2. The number of furan rings is 1. The third kappa shape index (κ3) is 4.43. The normalized spacial score (nSPS) is 12.8. The van der Waals surface area contributed by atoms with E-state index in [1.165, 1.54) is 18.2 Å². The molecule has 0 aliphatic carbocycles. The number of hydrogen-bond donors (Lipinski definition) is 1. The van der Waals surface area contributed by atoms with E-state index in [1.807, 2.05) is 24.3 Å². The van der Waals surface area contributed by atoms with E-state index in [9.17, 15) is 13.0 Å². The molecule has 0 saturated heterocycles. The zero-order chi connectivity index (χ0) is 20.4. The second kappa shape index (κ2) is 8.12. The predicted molar refractivity (Wildman–Crippen MR) is 115 cm³/mol. The average molecular weight is 446 g/mol. The van der Waals surface area contributed by atoms with Crippen LogP contribution in [0.1, 0.15) is 5.56 Å². The first-order valence-electron chi connectivity index (χ1n) is 8.66. The average Bonchev–Trinajstić information content (AvgIpc) is 3.13. The van der Waals surface area contributed by atoms with Crippen molar-refractivity contribution in [1.82, 2.24) is 0 Å². The van der Waals surface area contributed by atoms with Gasteiger partial charge in [-0.1, -0.05) is 60.1 Å². The van der Waals surface area contributed by atoms with Crippen molar-refractivity contribution in [3.05, 3.63) is 89.4 Å². The minimum Gasteiger partial charge on any atom is -0.585 e. The summed E-state index contributed by atoms with van der Waals surface area (Å²) >= 11 is 4.26. The molecule has 8 heteroatoms. The lowest BCUT2D eigenvalue weighted by atomic mass is 10.2. The fourth-order valence-electron chi connectivity index (χ4n) is 2.92. The zero-order valence-electron chi connectivity index (χ0n) is 15.0. The molecule has 0 spiro atoms. The number of fused-ring (bicyclic) bond motifs is 1. The summed E-state index contributed by atoms with van der Waals surface area (Å²) < 4.78 is 47.1. The maximum absolute atomic E-state index is 13.0. The molecule has 1 aromatic heterocycles. The highest BCUT2D eigenvalue weighted by molar-refractivity contribution is 7.93. The largest absolute Gasteiger partial charge is 0.585 e. The van der Waals surface area contributed by atoms with Gasteiger partial charge in [-0.3, -0.25) is 0 Å². The van der Waals surface area contributed by atoms with E-state index >= 15 is 0 Å². The van der Waals surface area contributed by atoms with E-state index in [0.29, 0.717) is 16.2 Å². The van der Waals surface area contributed by atoms with Crippen LogP contribution in [0, 0.1) is 0 Å². The summed E-state index contributed by atoms with van der Waals surface area (Å²) in [5, 5.41) is 1.33. The molecule has 4 rings (SSSR count). The molecular weight excluding hydrogens is 430 g/mol. The number of anilines is 1. The standard InChI is InChI=1S/C21H16ClNO4S2/c22-17-10-11-20(29(25,26)14-15-6-2-1-3-7-15)18(13-17)23-28(24)21-12-16-8-4-5-9-19(16)27-21/h1-13,23H,14H2. The van der Waals surface area contributed by atoms with Gasteiger partial charge in [0.15, 0.2) is 9.84 Å². The molecule has 0 fully saturated rings. The highest BCUT2D eigenvalue weighted by atomic mass is 35.5. The van der Waals surface area contributed by atoms with Crippen molar-refractivity contribution >= 4 is 49.5 Å². The van der Waals surface area contributed by atoms with E-state index in [-0.39, 0.29) is 21.4 Å². The van der Waals surface area contributed by atoms with Crippen LogP contribution >= 0.6 is 11.6 Å². The Balaban J connectivity index is 1.66. The number of hydrogen-bond acceptors (Lipinski definition) is 5. The molecule has 0 aliphatic heterocycles. The summed E-state index contributed by atoms with van der Waals surface area (Å²) in [6.45, 7) is 0. The number of nitrogens with one attached hydrogen (secondary N) is 1. The number of benzene rings is 3. The van der Waals surface area contributed by atoms with Crippen molar-refractivity contribution in [3.8, 4) is 0 Å². The first-order chi connectivity index (χ1) is 13.9. The second-order valence-electron chi connectivity index (χ2n) is 6.36. The van der Waals surface area contributed by atoms with Crippen LogP contribution < -0.4 is 4.72 Å². The fourth-order valence-corrected chi connectivity index (χ4v) is 5.54. The number of halogens is 1. The Morgan fingerprint density at radius 1 is 0.966 bits per heavy atom. The van der Waals surface area contributed by atoms with Gasteiger partial charge in [0.2, 0.25) is 0 Å². The van der Waals surface area contributed by atoms with Gasteiger partial charge in [0.25, 0.3) is 0 Å². The smallest absolute Gasteiger partial charge is 0.339 e. The summed E-state index contributed by atoms with van der Waals surface area (Å²) in [6, 6.07) is 22.2. The molecule has 0 aliphatic rings. The van der Waals surface area contributed by atoms with Crippen molar-refractivity contribution < 1.29 is 17.4 Å². The minimum atomic E-state index is -3.70. The van der Waals surface area contributed by atoms with Crippen LogP contribution in [-0.4, -0.2) is 13.0 Å². The molecule has 29 heavy (non-hydrogen) atoms. The summed E-state index contributed by atoms with van der Waals surface area (Å²) in [6.07, 6.45) is 0. The van der Waals surface area contributed by atoms with Gasteiger partial charge >= 0.3 is 5.09 Å². The molecule has 0 radical (unpaired) electrons. The lowest BCUT2D eigenvalue weighted by molar-refractivity contribution is 0.484. The highest BCUT2D eigenvalue weighted by Crippen LogP contribution is 2.31. The van der Waals surface area contributed by atoms with Gasteiger partial charge in [-0.25, -0.2) is 8.42 Å². The van der Waals surface area contributed by atoms with Crippen molar-refractivity contribution in [3.63, 3.8) is 0 Å². The van der Waals surface area contributed by atoms with Gasteiger partial charge in [0.05, 0.1) is 10.6 Å². The Hall–Kier alpha value is -2.45. The molecule has 1 N–H and O–H groups in total. The molecule has 0 saturated carbocycles. The van der Waals surface area contributed by atoms with Crippen LogP contribution in [0.5, 0.6) is 0 Å². The fraction of sp³-hybridized carbons (Fsp3) is 0.0476. The van der Waals surface area contributed by atoms with Gasteiger partial charge in [-0.05, 0) is 29.8 Å². The van der Waals surface area contributed by atoms with Crippen LogP contribution in [0.15, 0.2) is 93.3 Å². The van der Waals surface area contributed by atoms with Gasteiger partial charge in [0.1, 0.15) is 22.6 Å². The molecule has 148 valence electrons. The van der Waals surface area contributed by atoms with Gasteiger partial charge in [-0.15, -0.1) is 0 Å². The number of sulfone groups is 1. The quantitative estimate of drug-likeness (QED) is 0.413. The van der Waals surface area contributed by atoms with Gasteiger partial charge in [0, 0.05) is 16.5 Å². The number of para-hydroxylation sites is 1. The Labute approximate surface area is 176 Å². The van der Waals surface area contributed by atoms with Crippen LogP contribution in [-0.2, 0) is 27.0 Å². The van der Waals surface area contributed by atoms with Crippen LogP contribution in [0.3, 0.4) is 0 Å². The molecule has 5 nitrogen and oxygen atoms in total. The number of rotatable bonds is 6. The Morgan fingerprint density at radius 2 is 1.69 bits per heavy atom. The minimum absolute atomic E-state index is 0.0233. The lowest BCUT2D eigenvalue weighted by Crippen LogP contribution is -2.16. The van der Waals surface area contributed by atoms with E-state index in [2.05, 4.69) is 4.72 Å². The van der Waals surface area contributed by atoms with E-state index in [0.717, 1.165) is 5.39 Å². The van der Waals surface area contributed by atoms with Crippen molar-refractivity contribution in [2.45, 2.75) is 15.7 Å². The van der Waals surface area contributed by atoms with Crippen LogP contribution in [0.25, 0.3) is 11.0 Å². The van der Waals surface area contributed by atoms with Crippen LogP contribution in [0.4, 0.5) is 5.69 Å². The topological polar surface area (TPSA) is 82.4 Å². The van der Waals surface area contributed by atoms with E-state index in [1.54, 1.807) is 36.4 Å². The summed E-state index contributed by atoms with van der Waals surface area (Å²) in [7, 11) is -3.70. The maximum Gasteiger partial charge on any atom is 0.339 e. The Bertz CT molecular complexity index is 1220. The zero-order valence-corrected chi connectivity index (χ0v) is 17.4. The van der Waals surface area contributed by atoms with Crippen molar-refractivity contribution in [2.75, 3.05) is 4.72 Å². The molecule has 4 aromatic rings. The molecule has 1 atom stereocenters. The first kappa shape index (κ1) is 19.8. The third-order valence-electron chi connectivity index (χ3n) is 4.26. The summed E-state index contributed by atoms with van der Waals surface area (Å²) in [5.41, 5.74) is 1.42. The summed E-state index contributed by atoms with van der Waals surface area (Å²) in [4.78, 5) is 0.0233. The lowest BCUT2D eigenvalue weighted by Gasteiger charge is -2.14. The van der Waals surface area contributed by atoms with Gasteiger partial charge < -0.3 is 8.97 Å². The second-order valence-corrected chi connectivity index (χ2v) is 9.90. The monoisotopic (exact) mass is 445 g/mol. The molecule has 1 unspecified atom stereocenters. The van der Waals surface area contributed by atoms with Gasteiger partial charge in [-0.2, -0.15) is 4.72 Å². The van der Waals surface area contributed by atoms with Crippen molar-refractivity contribution in [2.24, 2.45) is 0 Å². The SMILES string of the molecule is O=S(=O)(Cc1ccccc1)c1ccc(Cl)cc1N[S+]([O-])c1cc2ccccc2o1. The summed E-state index contributed by atoms with van der Waals surface area (Å²) in [5.74, 6) is -0.179. The van der Waals surface area contributed by atoms with E-state index in [4.69, 9.17) is 16.0 Å². The Morgan fingerprint density at radius 3 is 2.45 bits per heavy atom. The molecule has 1 heterocycles. The third-order valence-corrected chi connectivity index (χ3v) is 7.21. The molecule has 3 aromatic carbocycles. The highest BCUT2D eigenvalue weighted by Gasteiger charge is 2.25. The van der Waals surface area contributed by atoms with Crippen LogP contribution in [0.2, 0.25) is 5.02 Å². The predicted octanol–water partition coefficient (Wildman–Crippen LogP) is 5.19. The molecule has 0 amide bonds. The van der Waals surface area contributed by atoms with Crippen molar-refractivity contribution in [1.29, 1.82) is 0 Å². The molecule has 0 bridgehead atoms. The maximum atomic E-state index is 13.0. The first-order valence-corrected chi connectivity index (χ1v) is 11.8.